The summed E-state index contributed by atoms with van der Waals surface area (Å²) in [5.41, 5.74) is 22.3. The summed E-state index contributed by atoms with van der Waals surface area (Å²) in [6.45, 7) is 9.49. The molecule has 2 heterocycles. The number of nitrogens with zero attached hydrogens (tertiary/aromatic N) is 2. The fourth-order valence-electron chi connectivity index (χ4n) is 13.3. The molecule has 2 heteroatoms. The lowest BCUT2D eigenvalue weighted by Gasteiger charge is -2.23. The van der Waals surface area contributed by atoms with Crippen molar-refractivity contribution < 1.29 is 0 Å². The van der Waals surface area contributed by atoms with Crippen molar-refractivity contribution in [1.82, 2.24) is 9.97 Å². The molecule has 0 bridgehead atoms. The van der Waals surface area contributed by atoms with Gasteiger partial charge >= 0.3 is 0 Å². The van der Waals surface area contributed by atoms with E-state index in [0.717, 1.165) is 43.7 Å². The lowest BCUT2D eigenvalue weighted by Crippen LogP contribution is -2.14. The molecule has 2 aliphatic rings. The van der Waals surface area contributed by atoms with E-state index in [2.05, 4.69) is 246 Å². The van der Waals surface area contributed by atoms with Crippen LogP contribution < -0.4 is 0 Å². The van der Waals surface area contributed by atoms with Gasteiger partial charge in [-0.1, -0.05) is 210 Å². The monoisotopic (exact) mass is 916 g/mol. The highest BCUT2D eigenvalue weighted by Crippen LogP contribution is 2.54. The Balaban J connectivity index is 0.950. The summed E-state index contributed by atoms with van der Waals surface area (Å²) < 4.78 is 0. The summed E-state index contributed by atoms with van der Waals surface area (Å²) >= 11 is 0. The molecule has 0 spiro atoms. The van der Waals surface area contributed by atoms with Crippen LogP contribution in [0.4, 0.5) is 0 Å². The maximum atomic E-state index is 5.17. The van der Waals surface area contributed by atoms with Gasteiger partial charge in [-0.2, -0.15) is 0 Å². The topological polar surface area (TPSA) is 25.8 Å². The van der Waals surface area contributed by atoms with E-state index >= 15 is 0 Å². The molecular weight excluding hydrogens is 869 g/mol. The molecule has 0 N–H and O–H groups in total. The van der Waals surface area contributed by atoms with Gasteiger partial charge in [-0.25, -0.2) is 0 Å². The fraction of sp³-hybridized carbons (Fsp3) is 0.0857. The second-order valence-electron chi connectivity index (χ2n) is 21.2. The lowest BCUT2D eigenvalue weighted by atomic mass is 9.80. The lowest BCUT2D eigenvalue weighted by molar-refractivity contribution is 0.660. The predicted octanol–water partition coefficient (Wildman–Crippen LogP) is 18.7. The van der Waals surface area contributed by atoms with Crippen LogP contribution in [0.1, 0.15) is 49.9 Å². The molecule has 15 rings (SSSR count). The number of hydrogen-bond donors (Lipinski definition) is 0. The SMILES string of the molecule is CC1(C)c2ccccc2-c2ccc(-c3c4ccccc4c(-c4ccc(-c5c6ccccc6c(-c6ccc7c(c6)C(C)(C)c6ccccc6-7)c6c5cnc5ccccc56)cc4)c4cnc5ccccc5c34)cc21. The molecule has 0 radical (unpaired) electrons. The van der Waals surface area contributed by atoms with Gasteiger partial charge in [-0.3, -0.25) is 9.97 Å². The summed E-state index contributed by atoms with van der Waals surface area (Å²) in [4.78, 5) is 10.3. The molecule has 0 atom stereocenters. The first-order chi connectivity index (χ1) is 35.3. The number of hydrogen-bond acceptors (Lipinski definition) is 2. The number of pyridine rings is 2. The van der Waals surface area contributed by atoms with Crippen LogP contribution in [0.5, 0.6) is 0 Å². The Labute approximate surface area is 418 Å². The van der Waals surface area contributed by atoms with Crippen LogP contribution >= 0.6 is 0 Å². The number of aromatic nitrogens is 2. The maximum absolute atomic E-state index is 5.17. The van der Waals surface area contributed by atoms with Crippen molar-refractivity contribution in [1.29, 1.82) is 0 Å². The van der Waals surface area contributed by atoms with E-state index in [4.69, 9.17) is 9.97 Å². The Kier molecular flexibility index (Phi) is 8.51. The highest BCUT2D eigenvalue weighted by atomic mass is 14.7. The molecule has 338 valence electrons. The van der Waals surface area contributed by atoms with Crippen LogP contribution in [0.25, 0.3) is 132 Å². The van der Waals surface area contributed by atoms with E-state index in [1.165, 1.54) is 110 Å². The molecular formula is C70H48N2. The van der Waals surface area contributed by atoms with E-state index < -0.39 is 0 Å². The number of fused-ring (bicyclic) bond motifs is 14. The zero-order valence-corrected chi connectivity index (χ0v) is 40.7. The van der Waals surface area contributed by atoms with E-state index in [-0.39, 0.29) is 10.8 Å². The molecule has 0 amide bonds. The maximum Gasteiger partial charge on any atom is 0.0708 e. The number of benzene rings is 11. The quantitative estimate of drug-likeness (QED) is 0.130. The molecule has 0 aliphatic heterocycles. The van der Waals surface area contributed by atoms with Crippen LogP contribution in [0, 0.1) is 0 Å². The molecule has 11 aromatic carbocycles. The number of rotatable bonds is 4. The van der Waals surface area contributed by atoms with Gasteiger partial charge in [0, 0.05) is 55.5 Å². The van der Waals surface area contributed by atoms with E-state index in [0.29, 0.717) is 0 Å². The van der Waals surface area contributed by atoms with Gasteiger partial charge in [-0.15, -0.1) is 0 Å². The van der Waals surface area contributed by atoms with Gasteiger partial charge in [0.25, 0.3) is 0 Å². The van der Waals surface area contributed by atoms with E-state index in [1.54, 1.807) is 0 Å². The highest BCUT2D eigenvalue weighted by Gasteiger charge is 2.37. The summed E-state index contributed by atoms with van der Waals surface area (Å²) in [7, 11) is 0. The summed E-state index contributed by atoms with van der Waals surface area (Å²) in [5, 5.41) is 12.0. The normalized spacial score (nSPS) is 14.1. The minimum Gasteiger partial charge on any atom is -0.256 e. The van der Waals surface area contributed by atoms with Crippen LogP contribution in [-0.4, -0.2) is 9.97 Å². The predicted molar refractivity (Wildman–Crippen MR) is 304 cm³/mol. The summed E-state index contributed by atoms with van der Waals surface area (Å²) in [6.07, 6.45) is 4.25. The molecule has 0 saturated heterocycles. The Morgan fingerprint density at radius 1 is 0.264 bits per heavy atom. The second kappa shape index (κ2) is 14.9. The molecule has 0 saturated carbocycles. The first-order valence-electron chi connectivity index (χ1n) is 25.3. The Hall–Kier alpha value is -8.72. The van der Waals surface area contributed by atoms with E-state index in [9.17, 15) is 0 Å². The molecule has 0 unspecified atom stereocenters. The fourth-order valence-corrected chi connectivity index (χ4v) is 13.3. The molecule has 0 fully saturated rings. The van der Waals surface area contributed by atoms with Gasteiger partial charge in [0.05, 0.1) is 11.0 Å². The van der Waals surface area contributed by atoms with Crippen LogP contribution in [0.3, 0.4) is 0 Å². The minimum absolute atomic E-state index is 0.120. The minimum atomic E-state index is -0.120. The Bertz CT molecular complexity index is 4210. The van der Waals surface area contributed by atoms with Crippen molar-refractivity contribution in [3.63, 3.8) is 0 Å². The van der Waals surface area contributed by atoms with Gasteiger partial charge in [0.2, 0.25) is 0 Å². The molecule has 2 nitrogen and oxygen atoms in total. The third kappa shape index (κ3) is 5.61. The van der Waals surface area contributed by atoms with Gasteiger partial charge in [0.1, 0.15) is 0 Å². The Morgan fingerprint density at radius 3 is 1.00 bits per heavy atom. The van der Waals surface area contributed by atoms with Crippen molar-refractivity contribution in [2.45, 2.75) is 38.5 Å². The zero-order chi connectivity index (χ0) is 48.0. The molecule has 13 aromatic rings. The third-order valence-corrected chi connectivity index (χ3v) is 16.7. The summed E-state index contributed by atoms with van der Waals surface area (Å²) in [6, 6.07) is 76.9. The molecule has 2 aliphatic carbocycles. The van der Waals surface area contributed by atoms with Crippen molar-refractivity contribution in [3.05, 3.63) is 241 Å². The molecule has 2 aromatic heterocycles. The van der Waals surface area contributed by atoms with Gasteiger partial charge < -0.3 is 0 Å². The zero-order valence-electron chi connectivity index (χ0n) is 40.7. The largest absolute Gasteiger partial charge is 0.256 e. The van der Waals surface area contributed by atoms with Crippen molar-refractivity contribution >= 4 is 64.9 Å². The highest BCUT2D eigenvalue weighted by molar-refractivity contribution is 6.29. The first kappa shape index (κ1) is 41.1. The van der Waals surface area contributed by atoms with Crippen LogP contribution in [-0.2, 0) is 10.8 Å². The van der Waals surface area contributed by atoms with Gasteiger partial charge in [-0.05, 0) is 135 Å². The van der Waals surface area contributed by atoms with E-state index in [1.807, 2.05) is 0 Å². The summed E-state index contributed by atoms with van der Waals surface area (Å²) in [5.74, 6) is 0. The average Bonchev–Trinajstić information content (AvgIpc) is 3.80. The number of para-hydroxylation sites is 2. The third-order valence-electron chi connectivity index (χ3n) is 16.7. The molecule has 72 heavy (non-hydrogen) atoms. The standard InChI is InChI=1S/C70H48N2/c1-69(2)57-25-13-9-17-45(57)47-35-33-43(37-59(47)69)65-51-21-7-5-19-49(51)63(55-39-71-61-27-15-11-23-53(61)67(55)65)41-29-31-42(32-30-41)64-50-20-6-8-22-52(50)66(68-54-24-12-16-28-62(54)72-40-56(64)68)44-34-36-48-46-18-10-14-26-58(46)70(3,4)60(48)38-44/h5-40H,1-4H3. The average molecular weight is 917 g/mol. The Morgan fingerprint density at radius 2 is 0.583 bits per heavy atom. The first-order valence-corrected chi connectivity index (χ1v) is 25.3. The smallest absolute Gasteiger partial charge is 0.0708 e. The van der Waals surface area contributed by atoms with Crippen molar-refractivity contribution in [2.24, 2.45) is 0 Å². The van der Waals surface area contributed by atoms with Gasteiger partial charge in [0.15, 0.2) is 0 Å². The van der Waals surface area contributed by atoms with Crippen molar-refractivity contribution in [2.75, 3.05) is 0 Å². The van der Waals surface area contributed by atoms with Crippen molar-refractivity contribution in [3.8, 4) is 66.8 Å². The van der Waals surface area contributed by atoms with Crippen LogP contribution in [0.15, 0.2) is 219 Å². The van der Waals surface area contributed by atoms with Crippen LogP contribution in [0.2, 0.25) is 0 Å². The second-order valence-corrected chi connectivity index (χ2v) is 21.2.